The molecule has 5 nitrogen and oxygen atoms in total. The lowest BCUT2D eigenvalue weighted by Gasteiger charge is -2.00. The summed E-state index contributed by atoms with van der Waals surface area (Å²) in [5.74, 6) is -0.320. The average molecular weight is 196 g/mol. The summed E-state index contributed by atoms with van der Waals surface area (Å²) >= 11 is 1.15. The van der Waals surface area contributed by atoms with Gasteiger partial charge in [-0.25, -0.2) is 10.4 Å². The highest BCUT2D eigenvalue weighted by Gasteiger charge is 2.08. The van der Waals surface area contributed by atoms with Gasteiger partial charge in [-0.2, -0.15) is 5.26 Å². The van der Waals surface area contributed by atoms with Crippen LogP contribution in [0.1, 0.15) is 22.4 Å². The van der Waals surface area contributed by atoms with E-state index in [0.717, 1.165) is 11.3 Å². The third kappa shape index (κ3) is 2.50. The van der Waals surface area contributed by atoms with E-state index in [1.165, 1.54) is 0 Å². The van der Waals surface area contributed by atoms with Gasteiger partial charge in [-0.15, -0.1) is 11.3 Å². The maximum atomic E-state index is 11.2. The molecular formula is C7H8N4OS. The Kier molecular flexibility index (Phi) is 3.37. The van der Waals surface area contributed by atoms with Crippen LogP contribution in [0, 0.1) is 11.3 Å². The van der Waals surface area contributed by atoms with Crippen molar-refractivity contribution in [3.8, 4) is 6.07 Å². The van der Waals surface area contributed by atoms with Crippen molar-refractivity contribution in [3.63, 3.8) is 0 Å². The van der Waals surface area contributed by atoms with E-state index in [1.54, 1.807) is 5.38 Å². The van der Waals surface area contributed by atoms with Crippen molar-refractivity contribution in [1.29, 1.82) is 5.26 Å². The fourth-order valence-electron chi connectivity index (χ4n) is 0.662. The normalized spacial score (nSPS) is 9.23. The highest BCUT2D eigenvalue weighted by molar-refractivity contribution is 7.10. The fourth-order valence-corrected chi connectivity index (χ4v) is 1.25. The smallest absolute Gasteiger partial charge is 0.284 e. The van der Waals surface area contributed by atoms with E-state index in [9.17, 15) is 4.79 Å². The van der Waals surface area contributed by atoms with Gasteiger partial charge in [0.05, 0.1) is 0 Å². The van der Waals surface area contributed by atoms with Crippen LogP contribution in [-0.4, -0.2) is 17.4 Å². The first kappa shape index (κ1) is 9.64. The van der Waals surface area contributed by atoms with Crippen LogP contribution in [0.15, 0.2) is 5.38 Å². The Hall–Kier alpha value is -1.45. The summed E-state index contributed by atoms with van der Waals surface area (Å²) in [4.78, 5) is 15.0. The Labute approximate surface area is 79.4 Å². The zero-order valence-corrected chi connectivity index (χ0v) is 7.81. The van der Waals surface area contributed by atoms with Crippen molar-refractivity contribution < 1.29 is 4.79 Å². The number of hydrogen-bond acceptors (Lipinski definition) is 5. The molecule has 6 heteroatoms. The molecule has 1 rings (SSSR count). The molecule has 0 saturated heterocycles. The number of carbonyl (C=O) groups excluding carboxylic acids is 1. The van der Waals surface area contributed by atoms with Crippen molar-refractivity contribution in [2.75, 3.05) is 6.54 Å². The van der Waals surface area contributed by atoms with Crippen molar-refractivity contribution >= 4 is 17.2 Å². The van der Waals surface area contributed by atoms with Gasteiger partial charge in [-0.3, -0.25) is 10.2 Å². The minimum Gasteiger partial charge on any atom is -0.286 e. The summed E-state index contributed by atoms with van der Waals surface area (Å²) in [6.07, 6.45) is 0. The second kappa shape index (κ2) is 4.54. The number of thiazole rings is 1. The Bertz CT molecular complexity index is 341. The van der Waals surface area contributed by atoms with Crippen LogP contribution in [0.3, 0.4) is 0 Å². The third-order valence-electron chi connectivity index (χ3n) is 1.21. The second-order valence-corrected chi connectivity index (χ2v) is 2.99. The minimum absolute atomic E-state index is 0.266. The van der Waals surface area contributed by atoms with Crippen LogP contribution >= 0.6 is 11.3 Å². The number of aromatic nitrogens is 1. The van der Waals surface area contributed by atoms with Gasteiger partial charge in [0.25, 0.3) is 5.91 Å². The molecule has 0 spiro atoms. The van der Waals surface area contributed by atoms with E-state index in [4.69, 9.17) is 5.26 Å². The summed E-state index contributed by atoms with van der Waals surface area (Å²) in [7, 11) is 0. The quantitative estimate of drug-likeness (QED) is 0.680. The zero-order chi connectivity index (χ0) is 9.68. The topological polar surface area (TPSA) is 77.8 Å². The fraction of sp³-hybridized carbons (Fsp3) is 0.286. The number of hydrazine groups is 1. The van der Waals surface area contributed by atoms with Crippen LogP contribution in [0.25, 0.3) is 0 Å². The van der Waals surface area contributed by atoms with Crippen molar-refractivity contribution in [2.45, 2.75) is 6.92 Å². The van der Waals surface area contributed by atoms with E-state index in [2.05, 4.69) is 15.8 Å². The lowest BCUT2D eigenvalue weighted by atomic mass is 10.5. The number of nitriles is 1. The van der Waals surface area contributed by atoms with Gasteiger partial charge < -0.3 is 0 Å². The van der Waals surface area contributed by atoms with E-state index in [-0.39, 0.29) is 11.6 Å². The van der Waals surface area contributed by atoms with Gasteiger partial charge in [-0.1, -0.05) is 6.92 Å². The molecule has 1 heterocycles. The Morgan fingerprint density at radius 2 is 2.62 bits per heavy atom. The maximum Gasteiger partial charge on any atom is 0.284 e. The molecule has 0 atom stereocenters. The van der Waals surface area contributed by atoms with Crippen molar-refractivity contribution in [1.82, 2.24) is 15.8 Å². The molecule has 0 aliphatic carbocycles. The van der Waals surface area contributed by atoms with Gasteiger partial charge in [0.1, 0.15) is 11.8 Å². The largest absolute Gasteiger partial charge is 0.286 e. The lowest BCUT2D eigenvalue weighted by Crippen LogP contribution is -2.37. The Balaban J connectivity index is 2.62. The molecule has 0 aliphatic heterocycles. The number of hydrogen-bond donors (Lipinski definition) is 2. The predicted octanol–water partition coefficient (Wildman–Crippen LogP) is 0.269. The van der Waals surface area contributed by atoms with Crippen molar-refractivity contribution in [2.24, 2.45) is 0 Å². The third-order valence-corrected chi connectivity index (χ3v) is 1.96. The molecule has 1 amide bonds. The highest BCUT2D eigenvalue weighted by atomic mass is 32.1. The standard InChI is InChI=1S/C7H8N4OS/c1-2-9-11-7(12)5-4-13-6(3-8)10-5/h4,9H,2H2,1H3,(H,11,12). The molecule has 0 unspecified atom stereocenters. The molecule has 0 aliphatic rings. The van der Waals surface area contributed by atoms with E-state index in [1.807, 2.05) is 13.0 Å². The van der Waals surface area contributed by atoms with E-state index >= 15 is 0 Å². The molecular weight excluding hydrogens is 188 g/mol. The van der Waals surface area contributed by atoms with Crippen LogP contribution < -0.4 is 10.9 Å². The molecule has 1 aromatic rings. The van der Waals surface area contributed by atoms with E-state index < -0.39 is 0 Å². The van der Waals surface area contributed by atoms with Gasteiger partial charge in [0.2, 0.25) is 0 Å². The Morgan fingerprint density at radius 1 is 1.85 bits per heavy atom. The summed E-state index contributed by atoms with van der Waals surface area (Å²) in [6, 6.07) is 1.87. The van der Waals surface area contributed by atoms with Gasteiger partial charge in [0, 0.05) is 11.9 Å². The number of rotatable bonds is 3. The van der Waals surface area contributed by atoms with Crippen LogP contribution in [0.5, 0.6) is 0 Å². The molecule has 2 N–H and O–H groups in total. The molecule has 68 valence electrons. The maximum absolute atomic E-state index is 11.2. The predicted molar refractivity (Wildman–Crippen MR) is 48.0 cm³/mol. The summed E-state index contributed by atoms with van der Waals surface area (Å²) in [6.45, 7) is 2.50. The summed E-state index contributed by atoms with van der Waals surface area (Å²) < 4.78 is 0. The first-order chi connectivity index (χ1) is 6.27. The van der Waals surface area contributed by atoms with Gasteiger partial charge >= 0.3 is 0 Å². The van der Waals surface area contributed by atoms with E-state index in [0.29, 0.717) is 11.6 Å². The first-order valence-electron chi connectivity index (χ1n) is 3.66. The summed E-state index contributed by atoms with van der Waals surface area (Å²) in [5, 5.41) is 10.3. The highest BCUT2D eigenvalue weighted by Crippen LogP contribution is 2.07. The Morgan fingerprint density at radius 3 is 3.15 bits per heavy atom. The monoisotopic (exact) mass is 196 g/mol. The number of nitrogens with one attached hydrogen (secondary N) is 2. The molecule has 0 radical (unpaired) electrons. The minimum atomic E-state index is -0.320. The molecule has 1 aromatic heterocycles. The molecule has 0 bridgehead atoms. The van der Waals surface area contributed by atoms with Crippen LogP contribution in [0.2, 0.25) is 0 Å². The van der Waals surface area contributed by atoms with Crippen molar-refractivity contribution in [3.05, 3.63) is 16.1 Å². The number of carbonyl (C=O) groups is 1. The van der Waals surface area contributed by atoms with Crippen LogP contribution in [-0.2, 0) is 0 Å². The van der Waals surface area contributed by atoms with Crippen LogP contribution in [0.4, 0.5) is 0 Å². The zero-order valence-electron chi connectivity index (χ0n) is 7.00. The molecule has 13 heavy (non-hydrogen) atoms. The average Bonchev–Trinajstić information content (AvgIpc) is 2.62. The lowest BCUT2D eigenvalue weighted by molar-refractivity contribution is 0.0930. The summed E-state index contributed by atoms with van der Waals surface area (Å²) in [5.41, 5.74) is 5.35. The first-order valence-corrected chi connectivity index (χ1v) is 4.54. The number of nitrogens with zero attached hydrogens (tertiary/aromatic N) is 2. The van der Waals surface area contributed by atoms with Gasteiger partial charge in [-0.05, 0) is 0 Å². The SMILES string of the molecule is CCNNC(=O)c1csc(C#N)n1. The molecule has 0 fully saturated rings. The number of amides is 1. The van der Waals surface area contributed by atoms with Gasteiger partial charge in [0.15, 0.2) is 5.01 Å². The second-order valence-electron chi connectivity index (χ2n) is 2.13. The molecule has 0 saturated carbocycles. The molecule has 0 aromatic carbocycles.